The second-order valence-electron chi connectivity index (χ2n) is 6.72. The van der Waals surface area contributed by atoms with Gasteiger partial charge in [-0.15, -0.1) is 0 Å². The summed E-state index contributed by atoms with van der Waals surface area (Å²) in [6.07, 6.45) is 0.933. The van der Waals surface area contributed by atoms with Crippen LogP contribution in [0.1, 0.15) is 18.1 Å². The van der Waals surface area contributed by atoms with Crippen LogP contribution < -0.4 is 14.5 Å². The molecule has 0 atom stereocenters. The quantitative estimate of drug-likeness (QED) is 0.757. The molecule has 0 radical (unpaired) electrons. The number of hydrogen-bond donors (Lipinski definition) is 2. The van der Waals surface area contributed by atoms with E-state index in [1.807, 2.05) is 0 Å². The molecule has 0 spiro atoms. The van der Waals surface area contributed by atoms with Crippen LogP contribution in [0.2, 0.25) is 0 Å². The van der Waals surface area contributed by atoms with E-state index in [1.54, 1.807) is 9.80 Å². The highest BCUT2D eigenvalue weighted by atomic mass is 16.5. The van der Waals surface area contributed by atoms with Gasteiger partial charge in [-0.3, -0.25) is 0 Å². The van der Waals surface area contributed by atoms with Gasteiger partial charge in [-0.2, -0.15) is 0 Å². The Kier molecular flexibility index (Phi) is 6.27. The fraction of sp³-hybridized carbons (Fsp3) is 0.429. The van der Waals surface area contributed by atoms with Crippen molar-refractivity contribution >= 4 is 0 Å². The molecule has 1 heterocycles. The third-order valence-corrected chi connectivity index (χ3v) is 5.09. The number of likely N-dealkylation sites (N-methyl/N-ethyl adjacent to an activating group) is 1. The largest absolute Gasteiger partial charge is 0.487 e. The van der Waals surface area contributed by atoms with E-state index in [4.69, 9.17) is 4.74 Å². The van der Waals surface area contributed by atoms with E-state index in [0.29, 0.717) is 0 Å². The molecule has 3 rings (SSSR count). The average molecular weight is 326 g/mol. The van der Waals surface area contributed by atoms with Gasteiger partial charge in [0.15, 0.2) is 0 Å². The molecule has 1 aliphatic heterocycles. The molecule has 1 aliphatic rings. The van der Waals surface area contributed by atoms with Crippen LogP contribution in [0.5, 0.6) is 5.75 Å². The number of quaternary nitrogens is 2. The first-order chi connectivity index (χ1) is 11.8. The molecule has 2 N–H and O–H groups in total. The van der Waals surface area contributed by atoms with Crippen molar-refractivity contribution in [3.8, 4) is 5.75 Å². The number of nitrogens with one attached hydrogen (secondary N) is 2. The topological polar surface area (TPSA) is 18.1 Å². The molecule has 128 valence electrons. The number of ether oxygens (including phenoxy) is 1. The van der Waals surface area contributed by atoms with E-state index in [9.17, 15) is 0 Å². The third kappa shape index (κ3) is 4.83. The summed E-state index contributed by atoms with van der Waals surface area (Å²) in [5, 5.41) is 0. The van der Waals surface area contributed by atoms with E-state index >= 15 is 0 Å². The van der Waals surface area contributed by atoms with Gasteiger partial charge in [0.05, 0.1) is 6.54 Å². The van der Waals surface area contributed by atoms with Crippen molar-refractivity contribution in [1.29, 1.82) is 0 Å². The molecular formula is C21H30N2O+2. The molecule has 0 aliphatic carbocycles. The zero-order chi connectivity index (χ0) is 16.6. The van der Waals surface area contributed by atoms with Gasteiger partial charge in [-0.05, 0) is 24.1 Å². The first-order valence-electron chi connectivity index (χ1n) is 9.27. The molecule has 0 bridgehead atoms. The van der Waals surface area contributed by atoms with E-state index in [-0.39, 0.29) is 0 Å². The second-order valence-corrected chi connectivity index (χ2v) is 6.72. The summed E-state index contributed by atoms with van der Waals surface area (Å²) in [4.78, 5) is 3.43. The monoisotopic (exact) mass is 326 g/mol. The normalized spacial score (nSPS) is 20.7. The molecule has 3 nitrogen and oxygen atoms in total. The molecule has 0 amide bonds. The summed E-state index contributed by atoms with van der Waals surface area (Å²) < 4.78 is 6.14. The average Bonchev–Trinajstić information content (AvgIpc) is 2.64. The molecule has 24 heavy (non-hydrogen) atoms. The Morgan fingerprint density at radius 3 is 2.25 bits per heavy atom. The summed E-state index contributed by atoms with van der Waals surface area (Å²) in [5.74, 6) is 1.04. The summed E-state index contributed by atoms with van der Waals surface area (Å²) in [6, 6.07) is 19.1. The van der Waals surface area contributed by atoms with Crippen molar-refractivity contribution in [3.05, 3.63) is 65.7 Å². The predicted molar refractivity (Wildman–Crippen MR) is 98.0 cm³/mol. The zero-order valence-corrected chi connectivity index (χ0v) is 14.8. The highest BCUT2D eigenvalue weighted by molar-refractivity contribution is 5.37. The lowest BCUT2D eigenvalue weighted by Gasteiger charge is -2.28. The van der Waals surface area contributed by atoms with Crippen LogP contribution in [0.15, 0.2) is 54.6 Å². The molecule has 1 fully saturated rings. The van der Waals surface area contributed by atoms with Crippen molar-refractivity contribution in [3.63, 3.8) is 0 Å². The summed E-state index contributed by atoms with van der Waals surface area (Å²) in [7, 11) is 0. The van der Waals surface area contributed by atoms with Crippen LogP contribution >= 0.6 is 0 Å². The first-order valence-corrected chi connectivity index (χ1v) is 9.27. The number of piperazine rings is 1. The maximum Gasteiger partial charge on any atom is 0.137 e. The lowest BCUT2D eigenvalue weighted by atomic mass is 10.0. The summed E-state index contributed by atoms with van der Waals surface area (Å²) in [5.41, 5.74) is 2.61. The Balaban J connectivity index is 1.50. The van der Waals surface area contributed by atoms with Gasteiger partial charge in [-0.25, -0.2) is 0 Å². The van der Waals surface area contributed by atoms with Crippen LogP contribution in [0.4, 0.5) is 0 Å². The fourth-order valence-corrected chi connectivity index (χ4v) is 3.47. The maximum absolute atomic E-state index is 6.14. The van der Waals surface area contributed by atoms with Gasteiger partial charge in [-0.1, -0.05) is 48.5 Å². The van der Waals surface area contributed by atoms with Gasteiger partial charge >= 0.3 is 0 Å². The van der Waals surface area contributed by atoms with Crippen molar-refractivity contribution in [2.45, 2.75) is 13.3 Å². The van der Waals surface area contributed by atoms with Gasteiger partial charge in [0.2, 0.25) is 0 Å². The van der Waals surface area contributed by atoms with Gasteiger partial charge in [0.1, 0.15) is 45.1 Å². The van der Waals surface area contributed by atoms with Crippen molar-refractivity contribution in [2.24, 2.45) is 0 Å². The Labute approximate surface area is 145 Å². The number of benzene rings is 2. The Morgan fingerprint density at radius 1 is 0.833 bits per heavy atom. The smallest absolute Gasteiger partial charge is 0.137 e. The standard InChI is InChI=1S/C21H28N2O/c1-2-22-12-14-23(15-13-22)16-17-24-21-11-7-6-10-20(21)18-19-8-4-3-5-9-19/h3-11H,2,12-18H2,1H3/p+2. The van der Waals surface area contributed by atoms with Crippen LogP contribution in [-0.2, 0) is 6.42 Å². The highest BCUT2D eigenvalue weighted by Crippen LogP contribution is 2.21. The van der Waals surface area contributed by atoms with Crippen molar-refractivity contribution in [2.75, 3.05) is 45.9 Å². The molecule has 1 saturated heterocycles. The van der Waals surface area contributed by atoms with Crippen LogP contribution in [0.25, 0.3) is 0 Å². The molecule has 0 unspecified atom stereocenters. The maximum atomic E-state index is 6.14. The minimum Gasteiger partial charge on any atom is -0.487 e. The summed E-state index contributed by atoms with van der Waals surface area (Å²) >= 11 is 0. The third-order valence-electron chi connectivity index (χ3n) is 5.09. The molecule has 2 aromatic rings. The minimum atomic E-state index is 0.808. The fourth-order valence-electron chi connectivity index (χ4n) is 3.47. The van der Waals surface area contributed by atoms with Gasteiger partial charge < -0.3 is 14.5 Å². The van der Waals surface area contributed by atoms with Gasteiger partial charge in [0.25, 0.3) is 0 Å². The molecular weight excluding hydrogens is 296 g/mol. The second kappa shape index (κ2) is 8.86. The van der Waals surface area contributed by atoms with Crippen LogP contribution in [-0.4, -0.2) is 45.9 Å². The minimum absolute atomic E-state index is 0.808. The summed E-state index contributed by atoms with van der Waals surface area (Å²) in [6.45, 7) is 10.6. The lowest BCUT2D eigenvalue weighted by Crippen LogP contribution is -3.28. The molecule has 0 saturated carbocycles. The van der Waals surface area contributed by atoms with E-state index < -0.39 is 0 Å². The highest BCUT2D eigenvalue weighted by Gasteiger charge is 2.21. The first kappa shape index (κ1) is 17.0. The number of rotatable bonds is 7. The van der Waals surface area contributed by atoms with Crippen LogP contribution in [0.3, 0.4) is 0 Å². The SMILES string of the molecule is CC[NH+]1CC[NH+](CCOc2ccccc2Cc2ccccc2)CC1. The zero-order valence-electron chi connectivity index (χ0n) is 14.8. The van der Waals surface area contributed by atoms with Crippen molar-refractivity contribution < 1.29 is 14.5 Å². The number of hydrogen-bond acceptors (Lipinski definition) is 1. The molecule has 3 heteroatoms. The van der Waals surface area contributed by atoms with Crippen LogP contribution in [0, 0.1) is 0 Å². The lowest BCUT2D eigenvalue weighted by molar-refractivity contribution is -1.01. The predicted octanol–water partition coefficient (Wildman–Crippen LogP) is 0.460. The van der Waals surface area contributed by atoms with Gasteiger partial charge in [0, 0.05) is 6.42 Å². The Bertz CT molecular complexity index is 606. The molecule has 0 aromatic heterocycles. The number of para-hydroxylation sites is 1. The Morgan fingerprint density at radius 2 is 1.50 bits per heavy atom. The van der Waals surface area contributed by atoms with E-state index in [2.05, 4.69) is 61.5 Å². The van der Waals surface area contributed by atoms with E-state index in [1.165, 1.54) is 43.9 Å². The Hall–Kier alpha value is -1.84. The van der Waals surface area contributed by atoms with Crippen molar-refractivity contribution in [1.82, 2.24) is 0 Å². The molecule has 2 aromatic carbocycles. The van der Waals surface area contributed by atoms with E-state index in [0.717, 1.165) is 25.3 Å².